The van der Waals surface area contributed by atoms with E-state index in [2.05, 4.69) is 13.8 Å². The second kappa shape index (κ2) is 47.3. The predicted octanol–water partition coefficient (Wildman–Crippen LogP) is 19.0. The van der Waals surface area contributed by atoms with Crippen LogP contribution in [0, 0.1) is 0 Å². The smallest absolute Gasteiger partial charge is 0.0563 e. The molecule has 0 heterocycles. The van der Waals surface area contributed by atoms with Crippen LogP contribution in [-0.2, 0) is 33.1 Å². The van der Waals surface area contributed by atoms with Crippen molar-refractivity contribution >= 4 is 29.7 Å². The largest absolute Gasteiger partial charge is 0.691 e. The van der Waals surface area contributed by atoms with Crippen LogP contribution >= 0.6 is 5.69 Å². The minimum Gasteiger partial charge on any atom is -0.691 e. The third kappa shape index (κ3) is 49.0. The van der Waals surface area contributed by atoms with Gasteiger partial charge in [-0.1, -0.05) is 295 Å². The van der Waals surface area contributed by atoms with Gasteiger partial charge in [-0.15, -0.1) is 0 Å². The van der Waals surface area contributed by atoms with Crippen molar-refractivity contribution in [2.75, 3.05) is 13.2 Å². The molecule has 0 aliphatic rings. The summed E-state index contributed by atoms with van der Waals surface area (Å²) in [6.07, 6.45) is 62.0. The lowest BCUT2D eigenvalue weighted by Gasteiger charge is -2.28. The molecule has 0 radical (unpaired) electrons. The zero-order valence-electron chi connectivity index (χ0n) is 36.6. The van der Waals surface area contributed by atoms with E-state index in [-0.39, 0.29) is 0 Å². The van der Waals surface area contributed by atoms with Crippen LogP contribution in [0.25, 0.3) is 0 Å². The molecule has 53 heavy (non-hydrogen) atoms. The third-order valence-electron chi connectivity index (χ3n) is 11.5. The first-order valence-corrected chi connectivity index (χ1v) is 28.4. The summed E-state index contributed by atoms with van der Waals surface area (Å²) in [5, 5.41) is 0. The van der Waals surface area contributed by atoms with Crippen LogP contribution in [0.2, 0.25) is 0 Å². The second-order valence-electron chi connectivity index (χ2n) is 17.0. The SMILES string of the molecule is CCCCCCCCCCCCCCCCCCCCCCCCOP(=S)([S-])OCCCCCCCCCCCCCCCCCCCCCCCC. The van der Waals surface area contributed by atoms with Crippen molar-refractivity contribution in [2.24, 2.45) is 0 Å². The van der Waals surface area contributed by atoms with E-state index in [1.54, 1.807) is 0 Å². The lowest BCUT2D eigenvalue weighted by Crippen LogP contribution is -1.97. The van der Waals surface area contributed by atoms with Gasteiger partial charge in [0.1, 0.15) is 0 Å². The van der Waals surface area contributed by atoms with Crippen LogP contribution in [0.15, 0.2) is 0 Å². The van der Waals surface area contributed by atoms with Crippen molar-refractivity contribution in [1.29, 1.82) is 0 Å². The van der Waals surface area contributed by atoms with E-state index in [1.165, 1.54) is 270 Å². The van der Waals surface area contributed by atoms with E-state index in [0.29, 0.717) is 13.2 Å². The third-order valence-corrected chi connectivity index (χ3v) is 13.8. The number of unbranched alkanes of at least 4 members (excludes halogenated alkanes) is 42. The first-order valence-electron chi connectivity index (χ1n) is 24.7. The van der Waals surface area contributed by atoms with Crippen molar-refractivity contribution in [1.82, 2.24) is 0 Å². The second-order valence-corrected chi connectivity index (χ2v) is 22.0. The van der Waals surface area contributed by atoms with Gasteiger partial charge in [0.05, 0.1) is 18.9 Å². The van der Waals surface area contributed by atoms with E-state index in [0.717, 1.165) is 12.8 Å². The van der Waals surface area contributed by atoms with Crippen molar-refractivity contribution in [3.8, 4) is 0 Å². The molecule has 0 aromatic heterocycles. The van der Waals surface area contributed by atoms with Crippen LogP contribution in [0.1, 0.15) is 296 Å². The van der Waals surface area contributed by atoms with E-state index >= 15 is 0 Å². The molecule has 0 spiro atoms. The summed E-state index contributed by atoms with van der Waals surface area (Å²) < 4.78 is 11.7. The van der Waals surface area contributed by atoms with E-state index in [1.807, 2.05) is 0 Å². The summed E-state index contributed by atoms with van der Waals surface area (Å²) in [4.78, 5) is 0. The van der Waals surface area contributed by atoms with Gasteiger partial charge in [-0.2, -0.15) is 0 Å². The fraction of sp³-hybridized carbons (Fsp3) is 1.00. The Morgan fingerprint density at radius 1 is 0.264 bits per heavy atom. The van der Waals surface area contributed by atoms with Crippen molar-refractivity contribution in [3.63, 3.8) is 0 Å². The Morgan fingerprint density at radius 2 is 0.396 bits per heavy atom. The standard InChI is InChI=1S/C48H99O2PS2/c1-3-5-7-9-11-13-15-17-19-21-23-25-27-29-31-33-35-37-39-41-43-45-47-49-51(52,53)50-48-46-44-42-40-38-36-34-32-30-28-26-24-22-20-18-16-14-12-10-8-6-4-2/h3-48H2,1-2H3,(H,52,53)/p-1. The molecule has 5 heteroatoms. The van der Waals surface area contributed by atoms with Crippen molar-refractivity contribution in [3.05, 3.63) is 0 Å². The topological polar surface area (TPSA) is 18.5 Å². The lowest BCUT2D eigenvalue weighted by molar-refractivity contribution is 0.249. The van der Waals surface area contributed by atoms with Crippen LogP contribution in [0.4, 0.5) is 0 Å². The molecule has 0 unspecified atom stereocenters. The maximum Gasteiger partial charge on any atom is 0.0563 e. The van der Waals surface area contributed by atoms with Crippen LogP contribution < -0.4 is 0 Å². The molecule has 0 saturated heterocycles. The Morgan fingerprint density at radius 3 is 0.547 bits per heavy atom. The molecule has 0 rings (SSSR count). The number of hydrogen-bond acceptors (Lipinski definition) is 4. The molecule has 0 N–H and O–H groups in total. The minimum atomic E-state index is -2.47. The molecule has 0 atom stereocenters. The Balaban J connectivity index is 3.24. The van der Waals surface area contributed by atoms with Gasteiger partial charge in [-0.25, -0.2) is 0 Å². The summed E-state index contributed by atoms with van der Waals surface area (Å²) in [6, 6.07) is 0. The monoisotopic (exact) mass is 802 g/mol. The molecule has 0 amide bonds. The zero-order valence-corrected chi connectivity index (χ0v) is 39.1. The molecule has 0 fully saturated rings. The van der Waals surface area contributed by atoms with Gasteiger partial charge in [0.2, 0.25) is 0 Å². The molecule has 320 valence electrons. The average Bonchev–Trinajstić information content (AvgIpc) is 3.15. The quantitative estimate of drug-likeness (QED) is 0.0346. The number of hydrogen-bond donors (Lipinski definition) is 0. The highest BCUT2D eigenvalue weighted by molar-refractivity contribution is 8.51. The molecule has 0 aliphatic carbocycles. The van der Waals surface area contributed by atoms with Gasteiger partial charge in [0.25, 0.3) is 0 Å². The average molecular weight is 802 g/mol. The van der Waals surface area contributed by atoms with Crippen molar-refractivity contribution < 1.29 is 9.05 Å². The lowest BCUT2D eigenvalue weighted by atomic mass is 10.0. The number of rotatable bonds is 48. The maximum atomic E-state index is 5.84. The molecule has 2 nitrogen and oxygen atoms in total. The highest BCUT2D eigenvalue weighted by Crippen LogP contribution is 2.46. The van der Waals surface area contributed by atoms with Gasteiger partial charge >= 0.3 is 0 Å². The summed E-state index contributed by atoms with van der Waals surface area (Å²) in [5.41, 5.74) is -2.47. The Labute approximate surface area is 346 Å². The molecular formula is C48H98O2PS2-. The van der Waals surface area contributed by atoms with Crippen LogP contribution in [0.3, 0.4) is 0 Å². The van der Waals surface area contributed by atoms with E-state index < -0.39 is 5.69 Å². The first-order chi connectivity index (χ1) is 26.1. The highest BCUT2D eigenvalue weighted by Gasteiger charge is 2.03. The molecule has 0 aromatic carbocycles. The highest BCUT2D eigenvalue weighted by atomic mass is 32.9. The fourth-order valence-electron chi connectivity index (χ4n) is 7.81. The maximum absolute atomic E-state index is 5.84. The van der Waals surface area contributed by atoms with Crippen LogP contribution in [0.5, 0.6) is 0 Å². The first kappa shape index (κ1) is 53.9. The minimum absolute atomic E-state index is 0.680. The van der Waals surface area contributed by atoms with E-state index in [4.69, 9.17) is 33.1 Å². The van der Waals surface area contributed by atoms with Crippen molar-refractivity contribution in [2.45, 2.75) is 296 Å². The van der Waals surface area contributed by atoms with Gasteiger partial charge in [0, 0.05) is 0 Å². The summed E-state index contributed by atoms with van der Waals surface area (Å²) in [6.45, 7) is 5.97. The van der Waals surface area contributed by atoms with Gasteiger partial charge < -0.3 is 21.3 Å². The Bertz CT molecular complexity index is 651. The summed E-state index contributed by atoms with van der Waals surface area (Å²) >= 11 is 11.0. The molecule has 0 aromatic rings. The summed E-state index contributed by atoms with van der Waals surface area (Å²) in [5.74, 6) is 0. The normalized spacial score (nSPS) is 12.0. The molecule has 0 bridgehead atoms. The Hall–Kier alpha value is 0.920. The van der Waals surface area contributed by atoms with E-state index in [9.17, 15) is 0 Å². The van der Waals surface area contributed by atoms with Gasteiger partial charge in [0.15, 0.2) is 0 Å². The predicted molar refractivity (Wildman–Crippen MR) is 248 cm³/mol. The molecule has 0 aliphatic heterocycles. The summed E-state index contributed by atoms with van der Waals surface area (Å²) in [7, 11) is 0. The van der Waals surface area contributed by atoms with Gasteiger partial charge in [-0.05, 0) is 12.8 Å². The molecule has 0 saturated carbocycles. The zero-order chi connectivity index (χ0) is 38.4. The Kier molecular flexibility index (Phi) is 48.1. The van der Waals surface area contributed by atoms with Gasteiger partial charge in [-0.3, -0.25) is 0 Å². The fourth-order valence-corrected chi connectivity index (χ4v) is 9.49. The van der Waals surface area contributed by atoms with Crippen LogP contribution in [-0.4, -0.2) is 13.2 Å². The molecular weight excluding hydrogens is 704 g/mol.